The summed E-state index contributed by atoms with van der Waals surface area (Å²) in [5.41, 5.74) is 2.40. The molecular formula is C23H25ClN4O2. The lowest BCUT2D eigenvalue weighted by Gasteiger charge is -2.20. The van der Waals surface area contributed by atoms with Gasteiger partial charge in [-0.2, -0.15) is 0 Å². The van der Waals surface area contributed by atoms with Gasteiger partial charge in [-0.3, -0.25) is 14.7 Å². The van der Waals surface area contributed by atoms with Crippen LogP contribution in [0.3, 0.4) is 0 Å². The van der Waals surface area contributed by atoms with E-state index in [-0.39, 0.29) is 5.91 Å². The van der Waals surface area contributed by atoms with Crippen LogP contribution in [0.5, 0.6) is 0 Å². The third-order valence-corrected chi connectivity index (χ3v) is 5.28. The maximum atomic E-state index is 12.4. The third kappa shape index (κ3) is 6.15. The Morgan fingerprint density at radius 3 is 2.87 bits per heavy atom. The molecule has 0 saturated heterocycles. The second kappa shape index (κ2) is 9.87. The van der Waals surface area contributed by atoms with Crippen molar-refractivity contribution in [2.45, 2.75) is 32.4 Å². The number of halogens is 1. The van der Waals surface area contributed by atoms with E-state index in [4.69, 9.17) is 16.0 Å². The highest BCUT2D eigenvalue weighted by molar-refractivity contribution is 6.30. The first-order valence-corrected chi connectivity index (χ1v) is 10.6. The molecule has 0 spiro atoms. The smallest absolute Gasteiger partial charge is 0.273 e. The topological polar surface area (TPSA) is 71.3 Å². The van der Waals surface area contributed by atoms with Gasteiger partial charge in [0, 0.05) is 43.0 Å². The van der Waals surface area contributed by atoms with E-state index in [1.165, 1.54) is 19.1 Å². The fourth-order valence-corrected chi connectivity index (χ4v) is 3.58. The standard InChI is InChI=1S/C23H25ClN4O2/c24-19-5-3-4-18(12-19)14-28(13-17-7-8-17)15-22-27-21(16-30-22)23(29)26-11-9-20-6-1-2-10-25-20/h1-6,10,12,16-17H,7-9,11,13-15H2,(H,26,29). The molecule has 0 radical (unpaired) electrons. The molecule has 2 heterocycles. The summed E-state index contributed by atoms with van der Waals surface area (Å²) in [6.45, 7) is 2.82. The van der Waals surface area contributed by atoms with Gasteiger partial charge in [-0.15, -0.1) is 0 Å². The molecule has 156 valence electrons. The summed E-state index contributed by atoms with van der Waals surface area (Å²) in [6, 6.07) is 13.6. The number of hydrogen-bond donors (Lipinski definition) is 1. The minimum Gasteiger partial charge on any atom is -0.447 e. The predicted octanol–water partition coefficient (Wildman–Crippen LogP) is 4.11. The SMILES string of the molecule is O=C(NCCc1ccccn1)c1coc(CN(Cc2cccc(Cl)c2)CC2CC2)n1. The van der Waals surface area contributed by atoms with E-state index < -0.39 is 0 Å². The monoisotopic (exact) mass is 424 g/mol. The van der Waals surface area contributed by atoms with Crippen molar-refractivity contribution >= 4 is 17.5 Å². The molecule has 7 heteroatoms. The van der Waals surface area contributed by atoms with E-state index in [1.807, 2.05) is 36.4 Å². The highest BCUT2D eigenvalue weighted by Crippen LogP contribution is 2.30. The van der Waals surface area contributed by atoms with Crippen LogP contribution in [0.15, 0.2) is 59.3 Å². The number of hydrogen-bond acceptors (Lipinski definition) is 5. The van der Waals surface area contributed by atoms with Crippen LogP contribution in [0.1, 0.15) is 40.5 Å². The van der Waals surface area contributed by atoms with Crippen LogP contribution in [0.25, 0.3) is 0 Å². The second-order valence-corrected chi connectivity index (χ2v) is 8.13. The fraction of sp³-hybridized carbons (Fsp3) is 0.348. The number of nitrogens with zero attached hydrogens (tertiary/aromatic N) is 3. The summed E-state index contributed by atoms with van der Waals surface area (Å²) in [7, 11) is 0. The molecule has 0 bridgehead atoms. The van der Waals surface area contributed by atoms with Gasteiger partial charge in [0.05, 0.1) is 6.54 Å². The maximum Gasteiger partial charge on any atom is 0.273 e. The highest BCUT2D eigenvalue weighted by atomic mass is 35.5. The second-order valence-electron chi connectivity index (χ2n) is 7.70. The number of carbonyl (C=O) groups excluding carboxylic acids is 1. The molecule has 4 rings (SSSR count). The van der Waals surface area contributed by atoms with Crippen LogP contribution >= 0.6 is 11.6 Å². The molecule has 3 aromatic rings. The Morgan fingerprint density at radius 2 is 2.10 bits per heavy atom. The lowest BCUT2D eigenvalue weighted by molar-refractivity contribution is 0.0949. The summed E-state index contributed by atoms with van der Waals surface area (Å²) in [5, 5.41) is 3.61. The largest absolute Gasteiger partial charge is 0.447 e. The number of pyridine rings is 1. The Kier molecular flexibility index (Phi) is 6.77. The van der Waals surface area contributed by atoms with Gasteiger partial charge in [0.25, 0.3) is 5.91 Å². The molecule has 30 heavy (non-hydrogen) atoms. The van der Waals surface area contributed by atoms with Crippen molar-refractivity contribution in [3.63, 3.8) is 0 Å². The zero-order chi connectivity index (χ0) is 20.8. The van der Waals surface area contributed by atoms with Gasteiger partial charge >= 0.3 is 0 Å². The minimum absolute atomic E-state index is 0.232. The Balaban J connectivity index is 1.32. The van der Waals surface area contributed by atoms with Crippen molar-refractivity contribution < 1.29 is 9.21 Å². The lowest BCUT2D eigenvalue weighted by Crippen LogP contribution is -2.27. The predicted molar refractivity (Wildman–Crippen MR) is 115 cm³/mol. The Hall–Kier alpha value is -2.70. The molecule has 1 aliphatic carbocycles. The van der Waals surface area contributed by atoms with Crippen LogP contribution < -0.4 is 5.32 Å². The maximum absolute atomic E-state index is 12.4. The molecule has 2 aromatic heterocycles. The third-order valence-electron chi connectivity index (χ3n) is 5.04. The highest BCUT2D eigenvalue weighted by Gasteiger charge is 2.25. The van der Waals surface area contributed by atoms with Crippen LogP contribution in [0, 0.1) is 5.92 Å². The average molecular weight is 425 g/mol. The van der Waals surface area contributed by atoms with Crippen molar-refractivity contribution in [1.82, 2.24) is 20.2 Å². The van der Waals surface area contributed by atoms with Gasteiger partial charge in [-0.25, -0.2) is 4.98 Å². The summed E-state index contributed by atoms with van der Waals surface area (Å²) in [4.78, 5) is 23.3. The van der Waals surface area contributed by atoms with E-state index in [1.54, 1.807) is 6.20 Å². The van der Waals surface area contributed by atoms with E-state index >= 15 is 0 Å². The number of carbonyl (C=O) groups is 1. The zero-order valence-electron chi connectivity index (χ0n) is 16.8. The van der Waals surface area contributed by atoms with Crippen LogP contribution in [-0.2, 0) is 19.5 Å². The minimum atomic E-state index is -0.232. The average Bonchev–Trinajstić information content (AvgIpc) is 3.43. The molecule has 1 aliphatic rings. The van der Waals surface area contributed by atoms with Crippen LogP contribution in [0.4, 0.5) is 0 Å². The Labute approximate surface area is 181 Å². The van der Waals surface area contributed by atoms with E-state index in [0.29, 0.717) is 31.1 Å². The van der Waals surface area contributed by atoms with Crippen LogP contribution in [-0.4, -0.2) is 33.9 Å². The Morgan fingerprint density at radius 1 is 1.20 bits per heavy atom. The molecule has 0 atom stereocenters. The number of nitrogens with one attached hydrogen (secondary N) is 1. The molecule has 6 nitrogen and oxygen atoms in total. The lowest BCUT2D eigenvalue weighted by atomic mass is 10.2. The molecule has 0 unspecified atom stereocenters. The molecule has 0 aliphatic heterocycles. The summed E-state index contributed by atoms with van der Waals surface area (Å²) < 4.78 is 5.59. The van der Waals surface area contributed by atoms with Gasteiger partial charge in [-0.05, 0) is 48.6 Å². The number of benzene rings is 1. The van der Waals surface area contributed by atoms with Crippen molar-refractivity contribution in [3.8, 4) is 0 Å². The summed E-state index contributed by atoms with van der Waals surface area (Å²) >= 11 is 6.13. The number of oxazole rings is 1. The molecule has 1 fully saturated rings. The first-order chi connectivity index (χ1) is 14.7. The molecule has 1 aromatic carbocycles. The van der Waals surface area contributed by atoms with Gasteiger partial charge in [-0.1, -0.05) is 29.8 Å². The normalized spacial score (nSPS) is 13.5. The van der Waals surface area contributed by atoms with E-state index in [9.17, 15) is 4.79 Å². The zero-order valence-corrected chi connectivity index (χ0v) is 17.5. The van der Waals surface area contributed by atoms with Gasteiger partial charge in [0.15, 0.2) is 5.69 Å². The molecule has 1 N–H and O–H groups in total. The number of aromatic nitrogens is 2. The summed E-state index contributed by atoms with van der Waals surface area (Å²) in [6.07, 6.45) is 6.38. The molecular weight excluding hydrogens is 400 g/mol. The first-order valence-electron chi connectivity index (χ1n) is 10.2. The van der Waals surface area contributed by atoms with E-state index in [0.717, 1.165) is 35.3 Å². The van der Waals surface area contributed by atoms with E-state index in [2.05, 4.69) is 26.3 Å². The van der Waals surface area contributed by atoms with Crippen molar-refractivity contribution in [2.75, 3.05) is 13.1 Å². The Bertz CT molecular complexity index is 972. The van der Waals surface area contributed by atoms with Crippen molar-refractivity contribution in [2.24, 2.45) is 5.92 Å². The van der Waals surface area contributed by atoms with Crippen molar-refractivity contribution in [3.05, 3.63) is 82.8 Å². The first kappa shape index (κ1) is 20.6. The van der Waals surface area contributed by atoms with Gasteiger partial charge in [0.2, 0.25) is 5.89 Å². The van der Waals surface area contributed by atoms with Gasteiger partial charge in [0.1, 0.15) is 6.26 Å². The quantitative estimate of drug-likeness (QED) is 0.530. The summed E-state index contributed by atoms with van der Waals surface area (Å²) in [5.74, 6) is 1.05. The molecule has 1 amide bonds. The number of rotatable bonds is 10. The van der Waals surface area contributed by atoms with Crippen LogP contribution in [0.2, 0.25) is 5.02 Å². The van der Waals surface area contributed by atoms with Crippen molar-refractivity contribution in [1.29, 1.82) is 0 Å². The molecule has 1 saturated carbocycles. The van der Waals surface area contributed by atoms with Gasteiger partial charge < -0.3 is 9.73 Å². The number of amides is 1. The fourth-order valence-electron chi connectivity index (χ4n) is 3.36.